The first kappa shape index (κ1) is 25.1. The fourth-order valence-electron chi connectivity index (χ4n) is 5.52. The number of fused-ring (bicyclic) bond motifs is 1. The molecule has 39 heavy (non-hydrogen) atoms. The Bertz CT molecular complexity index is 1680. The van der Waals surface area contributed by atoms with Crippen LogP contribution in [0.15, 0.2) is 82.6 Å². The third-order valence-corrected chi connectivity index (χ3v) is 7.81. The van der Waals surface area contributed by atoms with Crippen molar-refractivity contribution in [1.29, 1.82) is 0 Å². The Morgan fingerprint density at radius 3 is 2.51 bits per heavy atom. The lowest BCUT2D eigenvalue weighted by Crippen LogP contribution is -2.39. The number of nitrogens with zero attached hydrogens (tertiary/aromatic N) is 4. The third kappa shape index (κ3) is 5.00. The summed E-state index contributed by atoms with van der Waals surface area (Å²) in [6.07, 6.45) is 8.19. The molecule has 1 N–H and O–H groups in total. The molecule has 0 aliphatic heterocycles. The molecule has 2 aromatic carbocycles. The zero-order chi connectivity index (χ0) is 26.9. The number of hydrogen-bond donors (Lipinski definition) is 1. The number of amides is 1. The molecule has 1 amide bonds. The van der Waals surface area contributed by atoms with Crippen LogP contribution >= 0.6 is 11.6 Å². The summed E-state index contributed by atoms with van der Waals surface area (Å²) in [5.74, 6) is 0.889. The first-order chi connectivity index (χ1) is 19.0. The Hall–Kier alpha value is -4.17. The Labute approximate surface area is 230 Å². The second-order valence-corrected chi connectivity index (χ2v) is 10.5. The van der Waals surface area contributed by atoms with E-state index in [-0.39, 0.29) is 17.6 Å². The molecule has 1 fully saturated rings. The van der Waals surface area contributed by atoms with Gasteiger partial charge in [-0.25, -0.2) is 9.78 Å². The highest BCUT2D eigenvalue weighted by atomic mass is 35.5. The maximum Gasteiger partial charge on any atom is 0.333 e. The van der Waals surface area contributed by atoms with E-state index < -0.39 is 0 Å². The van der Waals surface area contributed by atoms with Crippen LogP contribution in [0.25, 0.3) is 28.0 Å². The number of hydrogen-bond acceptors (Lipinski definition) is 5. The largest absolute Gasteiger partial charge is 0.444 e. The third-order valence-electron chi connectivity index (χ3n) is 7.60. The average molecular weight is 542 g/mol. The summed E-state index contributed by atoms with van der Waals surface area (Å²) in [4.78, 5) is 34.7. The molecule has 0 bridgehead atoms. The van der Waals surface area contributed by atoms with Gasteiger partial charge in [-0.05, 0) is 81.0 Å². The summed E-state index contributed by atoms with van der Waals surface area (Å²) in [5, 5.41) is 3.60. The molecular formula is C30H28ClN5O3. The maximum atomic E-state index is 13.7. The van der Waals surface area contributed by atoms with Crippen LogP contribution in [0, 0.1) is 12.8 Å². The number of carbonyl (C=O) groups excluding carboxylic acids is 1. The summed E-state index contributed by atoms with van der Waals surface area (Å²) in [6, 6.07) is 17.4. The number of carbonyl (C=O) groups is 1. The van der Waals surface area contributed by atoms with Gasteiger partial charge in [0, 0.05) is 24.3 Å². The molecule has 1 saturated carbocycles. The van der Waals surface area contributed by atoms with Crippen molar-refractivity contribution in [2.45, 2.75) is 45.2 Å². The highest BCUT2D eigenvalue weighted by molar-refractivity contribution is 6.30. The molecule has 8 nitrogen and oxygen atoms in total. The number of nitrogens with one attached hydrogen (secondary N) is 1. The number of aryl methyl sites for hydroxylation is 1. The van der Waals surface area contributed by atoms with Gasteiger partial charge in [-0.2, -0.15) is 0 Å². The second kappa shape index (κ2) is 10.5. The Balaban J connectivity index is 1.18. The van der Waals surface area contributed by atoms with E-state index in [1.54, 1.807) is 30.0 Å². The molecule has 0 saturated heterocycles. The van der Waals surface area contributed by atoms with Crippen LogP contribution in [0.5, 0.6) is 0 Å². The van der Waals surface area contributed by atoms with Gasteiger partial charge in [-0.3, -0.25) is 18.9 Å². The quantitative estimate of drug-likeness (QED) is 0.293. The van der Waals surface area contributed by atoms with Crippen LogP contribution in [-0.2, 0) is 6.54 Å². The van der Waals surface area contributed by atoms with Crippen molar-refractivity contribution < 1.29 is 9.21 Å². The molecule has 9 heteroatoms. The van der Waals surface area contributed by atoms with Gasteiger partial charge < -0.3 is 9.73 Å². The van der Waals surface area contributed by atoms with E-state index in [9.17, 15) is 9.59 Å². The SMILES string of the molecule is Cc1ncc(Cl)cc1C(=O)N[C@H]1CC[C@H](Cn2c(=O)n(-c3ccc(-c4cnco4)cc3)c3ccccc32)CC1. The lowest BCUT2D eigenvalue weighted by atomic mass is 9.85. The van der Waals surface area contributed by atoms with Crippen molar-refractivity contribution in [3.05, 3.63) is 100 Å². The molecular weight excluding hydrogens is 514 g/mol. The van der Waals surface area contributed by atoms with Gasteiger partial charge in [-0.15, -0.1) is 0 Å². The second-order valence-electron chi connectivity index (χ2n) is 10.1. The fraction of sp³-hybridized carbons (Fsp3) is 0.267. The molecule has 1 aliphatic rings. The number of halogens is 1. The van der Waals surface area contributed by atoms with E-state index in [1.165, 1.54) is 6.39 Å². The summed E-state index contributed by atoms with van der Waals surface area (Å²) >= 11 is 6.04. The molecule has 0 radical (unpaired) electrons. The predicted molar refractivity (Wildman–Crippen MR) is 150 cm³/mol. The van der Waals surface area contributed by atoms with Gasteiger partial charge in [0.25, 0.3) is 5.91 Å². The zero-order valence-electron chi connectivity index (χ0n) is 21.5. The van der Waals surface area contributed by atoms with Crippen LogP contribution < -0.4 is 11.0 Å². The van der Waals surface area contributed by atoms with Gasteiger partial charge in [-0.1, -0.05) is 23.7 Å². The van der Waals surface area contributed by atoms with Crippen molar-refractivity contribution >= 4 is 28.5 Å². The summed E-state index contributed by atoms with van der Waals surface area (Å²) in [7, 11) is 0. The minimum atomic E-state index is -0.139. The number of imidazole rings is 1. The highest BCUT2D eigenvalue weighted by Gasteiger charge is 2.25. The maximum absolute atomic E-state index is 13.7. The number of rotatable bonds is 6. The van der Waals surface area contributed by atoms with Gasteiger partial charge in [0.1, 0.15) is 0 Å². The molecule has 0 atom stereocenters. The van der Waals surface area contributed by atoms with Gasteiger partial charge >= 0.3 is 5.69 Å². The zero-order valence-corrected chi connectivity index (χ0v) is 22.3. The Morgan fingerprint density at radius 1 is 1.05 bits per heavy atom. The lowest BCUT2D eigenvalue weighted by molar-refractivity contribution is 0.0919. The van der Waals surface area contributed by atoms with E-state index in [0.717, 1.165) is 48.0 Å². The summed E-state index contributed by atoms with van der Waals surface area (Å²) in [5.41, 5.74) is 4.62. The van der Waals surface area contributed by atoms with Crippen LogP contribution in [-0.4, -0.2) is 31.1 Å². The molecule has 5 aromatic rings. The van der Waals surface area contributed by atoms with Gasteiger partial charge in [0.2, 0.25) is 0 Å². The molecule has 3 heterocycles. The number of para-hydroxylation sites is 2. The van der Waals surface area contributed by atoms with Crippen molar-refractivity contribution in [3.8, 4) is 17.0 Å². The van der Waals surface area contributed by atoms with Crippen LogP contribution in [0.4, 0.5) is 0 Å². The Kier molecular flexibility index (Phi) is 6.79. The van der Waals surface area contributed by atoms with Crippen molar-refractivity contribution in [1.82, 2.24) is 24.4 Å². The lowest BCUT2D eigenvalue weighted by Gasteiger charge is -2.29. The summed E-state index contributed by atoms with van der Waals surface area (Å²) < 4.78 is 9.06. The molecule has 3 aromatic heterocycles. The van der Waals surface area contributed by atoms with Crippen molar-refractivity contribution in [2.75, 3.05) is 0 Å². The van der Waals surface area contributed by atoms with Crippen molar-refractivity contribution in [3.63, 3.8) is 0 Å². The van der Waals surface area contributed by atoms with Gasteiger partial charge in [0.05, 0.1) is 39.2 Å². The van der Waals surface area contributed by atoms with E-state index >= 15 is 0 Å². The highest BCUT2D eigenvalue weighted by Crippen LogP contribution is 2.28. The monoisotopic (exact) mass is 541 g/mol. The normalized spacial score (nSPS) is 17.4. The predicted octanol–water partition coefficient (Wildman–Crippen LogP) is 5.79. The minimum Gasteiger partial charge on any atom is -0.444 e. The smallest absolute Gasteiger partial charge is 0.333 e. The van der Waals surface area contributed by atoms with Crippen LogP contribution in [0.1, 0.15) is 41.7 Å². The Morgan fingerprint density at radius 2 is 1.79 bits per heavy atom. The topological polar surface area (TPSA) is 95.0 Å². The van der Waals surface area contributed by atoms with Crippen LogP contribution in [0.2, 0.25) is 5.02 Å². The van der Waals surface area contributed by atoms with E-state index in [0.29, 0.717) is 34.5 Å². The number of aromatic nitrogens is 4. The number of benzene rings is 2. The molecule has 6 rings (SSSR count). The number of pyridine rings is 1. The van der Waals surface area contributed by atoms with Gasteiger partial charge in [0.15, 0.2) is 12.2 Å². The van der Waals surface area contributed by atoms with Crippen molar-refractivity contribution in [2.24, 2.45) is 5.92 Å². The number of oxazole rings is 1. The molecule has 198 valence electrons. The van der Waals surface area contributed by atoms with Crippen LogP contribution in [0.3, 0.4) is 0 Å². The first-order valence-electron chi connectivity index (χ1n) is 13.1. The van der Waals surface area contributed by atoms with E-state index in [4.69, 9.17) is 16.0 Å². The van der Waals surface area contributed by atoms with E-state index in [2.05, 4.69) is 15.3 Å². The summed E-state index contributed by atoms with van der Waals surface area (Å²) in [6.45, 7) is 2.45. The molecule has 1 aliphatic carbocycles. The minimum absolute atomic E-state index is 0.0528. The average Bonchev–Trinajstić information content (AvgIpc) is 3.58. The van der Waals surface area contributed by atoms with E-state index in [1.807, 2.05) is 53.1 Å². The standard InChI is InChI=1S/C30H28ClN5O3/c1-19-25(14-22(31)15-33-19)29(37)34-23-10-6-20(7-11-23)17-35-26-4-2-3-5-27(26)36(30(35)38)24-12-8-21(9-13-24)28-16-32-18-39-28/h2-5,8-9,12-16,18,20,23H,6-7,10-11,17H2,1H3,(H,34,37)/t20-,23-. The molecule has 0 unspecified atom stereocenters. The fourth-order valence-corrected chi connectivity index (χ4v) is 5.67. The first-order valence-corrected chi connectivity index (χ1v) is 13.5. The molecule has 0 spiro atoms.